The summed E-state index contributed by atoms with van der Waals surface area (Å²) in [6.45, 7) is 11.0. The normalized spacial score (nSPS) is 30.8. The van der Waals surface area contributed by atoms with Crippen LogP contribution in [0, 0.1) is 0 Å². The van der Waals surface area contributed by atoms with Crippen molar-refractivity contribution >= 4 is 0 Å². The third-order valence-electron chi connectivity index (χ3n) is 4.79. The van der Waals surface area contributed by atoms with Crippen LogP contribution in [0.3, 0.4) is 0 Å². The second kappa shape index (κ2) is 7.58. The van der Waals surface area contributed by atoms with E-state index in [2.05, 4.69) is 41.0 Å². The van der Waals surface area contributed by atoms with Gasteiger partial charge in [0.05, 0.1) is 0 Å². The van der Waals surface area contributed by atoms with Crippen molar-refractivity contribution in [2.75, 3.05) is 59.9 Å². The Labute approximate surface area is 119 Å². The van der Waals surface area contributed by atoms with Crippen LogP contribution in [-0.2, 0) is 0 Å². The highest BCUT2D eigenvalue weighted by atomic mass is 15.2. The fraction of sp³-hybridized carbons (Fsp3) is 1.00. The summed E-state index contributed by atoms with van der Waals surface area (Å²) in [4.78, 5) is 7.60. The quantitative estimate of drug-likeness (QED) is 0.813. The molecular formula is C15H32N4. The molecule has 2 saturated heterocycles. The maximum Gasteiger partial charge on any atom is 0.0112 e. The third-order valence-corrected chi connectivity index (χ3v) is 4.79. The lowest BCUT2D eigenvalue weighted by Crippen LogP contribution is -2.41. The molecule has 0 aromatic carbocycles. The van der Waals surface area contributed by atoms with Gasteiger partial charge in [-0.1, -0.05) is 0 Å². The molecule has 0 spiro atoms. The van der Waals surface area contributed by atoms with Crippen molar-refractivity contribution in [1.29, 1.82) is 0 Å². The van der Waals surface area contributed by atoms with Gasteiger partial charge in [0.25, 0.3) is 0 Å². The molecule has 2 aliphatic rings. The van der Waals surface area contributed by atoms with Gasteiger partial charge in [0, 0.05) is 38.3 Å². The van der Waals surface area contributed by atoms with Gasteiger partial charge in [-0.25, -0.2) is 0 Å². The average molecular weight is 268 g/mol. The van der Waals surface area contributed by atoms with Crippen LogP contribution in [0.1, 0.15) is 26.2 Å². The molecule has 2 unspecified atom stereocenters. The molecule has 19 heavy (non-hydrogen) atoms. The number of hydrogen-bond acceptors (Lipinski definition) is 4. The molecule has 0 aromatic rings. The van der Waals surface area contributed by atoms with Gasteiger partial charge in [0.1, 0.15) is 0 Å². The molecule has 0 amide bonds. The van der Waals surface area contributed by atoms with Crippen LogP contribution in [0.4, 0.5) is 0 Å². The summed E-state index contributed by atoms with van der Waals surface area (Å²) in [5.74, 6) is 0. The van der Waals surface area contributed by atoms with E-state index in [0.717, 1.165) is 6.54 Å². The van der Waals surface area contributed by atoms with Crippen LogP contribution in [0.5, 0.6) is 0 Å². The molecule has 2 rings (SSSR count). The lowest BCUT2D eigenvalue weighted by Gasteiger charge is -2.30. The molecule has 112 valence electrons. The number of rotatable bonds is 3. The number of nitrogens with one attached hydrogen (secondary N) is 1. The van der Waals surface area contributed by atoms with E-state index in [9.17, 15) is 0 Å². The zero-order chi connectivity index (χ0) is 13.7. The summed E-state index contributed by atoms with van der Waals surface area (Å²) in [5.41, 5.74) is 0. The first-order valence-corrected chi connectivity index (χ1v) is 7.99. The maximum absolute atomic E-state index is 3.73. The van der Waals surface area contributed by atoms with Crippen molar-refractivity contribution in [3.05, 3.63) is 0 Å². The van der Waals surface area contributed by atoms with Gasteiger partial charge < -0.3 is 15.1 Å². The summed E-state index contributed by atoms with van der Waals surface area (Å²) >= 11 is 0. The Hall–Kier alpha value is -0.160. The summed E-state index contributed by atoms with van der Waals surface area (Å²) in [5, 5.41) is 3.73. The highest BCUT2D eigenvalue weighted by Crippen LogP contribution is 2.13. The van der Waals surface area contributed by atoms with Gasteiger partial charge in [-0.05, 0) is 59.9 Å². The summed E-state index contributed by atoms with van der Waals surface area (Å²) < 4.78 is 0. The summed E-state index contributed by atoms with van der Waals surface area (Å²) in [6.07, 6.45) is 3.92. The van der Waals surface area contributed by atoms with Gasteiger partial charge in [-0.2, -0.15) is 0 Å². The molecule has 4 nitrogen and oxygen atoms in total. The fourth-order valence-corrected chi connectivity index (χ4v) is 3.32. The molecular weight excluding hydrogens is 236 g/mol. The van der Waals surface area contributed by atoms with Crippen LogP contribution in [0.15, 0.2) is 0 Å². The lowest BCUT2D eigenvalue weighted by atomic mass is 10.0. The second-order valence-electron chi connectivity index (χ2n) is 6.52. The monoisotopic (exact) mass is 268 g/mol. The van der Waals surface area contributed by atoms with Crippen LogP contribution in [0.2, 0.25) is 0 Å². The first kappa shape index (κ1) is 15.2. The van der Waals surface area contributed by atoms with Gasteiger partial charge in [-0.3, -0.25) is 4.90 Å². The van der Waals surface area contributed by atoms with Crippen molar-refractivity contribution in [2.45, 2.75) is 38.3 Å². The van der Waals surface area contributed by atoms with E-state index in [1.807, 2.05) is 0 Å². The standard InChI is InChI=1S/C15H32N4/c1-14(19-8-4-7-17(2)11-12-19)13-15-5-9-18(3)10-6-16-15/h14-16H,4-13H2,1-3H3. The molecule has 0 aliphatic carbocycles. The molecule has 1 N–H and O–H groups in total. The Morgan fingerprint density at radius 1 is 1.00 bits per heavy atom. The predicted octanol–water partition coefficient (Wildman–Crippen LogP) is 0.696. The smallest absolute Gasteiger partial charge is 0.0112 e. The highest BCUT2D eigenvalue weighted by Gasteiger charge is 2.22. The zero-order valence-electron chi connectivity index (χ0n) is 13.1. The van der Waals surface area contributed by atoms with Crippen molar-refractivity contribution in [2.24, 2.45) is 0 Å². The second-order valence-corrected chi connectivity index (χ2v) is 6.52. The molecule has 0 saturated carbocycles. The number of hydrogen-bond donors (Lipinski definition) is 1. The Morgan fingerprint density at radius 3 is 2.63 bits per heavy atom. The zero-order valence-corrected chi connectivity index (χ0v) is 13.1. The van der Waals surface area contributed by atoms with E-state index in [-0.39, 0.29) is 0 Å². The van der Waals surface area contributed by atoms with Crippen molar-refractivity contribution in [1.82, 2.24) is 20.0 Å². The molecule has 2 fully saturated rings. The molecule has 0 aromatic heterocycles. The van der Waals surface area contributed by atoms with E-state index in [0.29, 0.717) is 12.1 Å². The van der Waals surface area contributed by atoms with E-state index in [4.69, 9.17) is 0 Å². The minimum absolute atomic E-state index is 0.709. The van der Waals surface area contributed by atoms with E-state index in [1.54, 1.807) is 0 Å². The van der Waals surface area contributed by atoms with E-state index >= 15 is 0 Å². The van der Waals surface area contributed by atoms with Crippen molar-refractivity contribution < 1.29 is 0 Å². The fourth-order valence-electron chi connectivity index (χ4n) is 3.32. The molecule has 0 radical (unpaired) electrons. The van der Waals surface area contributed by atoms with Gasteiger partial charge in [0.15, 0.2) is 0 Å². The Bertz CT molecular complexity index is 259. The van der Waals surface area contributed by atoms with E-state index < -0.39 is 0 Å². The van der Waals surface area contributed by atoms with Gasteiger partial charge in [0.2, 0.25) is 0 Å². The largest absolute Gasteiger partial charge is 0.313 e. The molecule has 2 heterocycles. The Morgan fingerprint density at radius 2 is 1.79 bits per heavy atom. The molecule has 0 bridgehead atoms. The molecule has 2 atom stereocenters. The minimum Gasteiger partial charge on any atom is -0.313 e. The highest BCUT2D eigenvalue weighted by molar-refractivity contribution is 4.80. The topological polar surface area (TPSA) is 21.8 Å². The van der Waals surface area contributed by atoms with Crippen molar-refractivity contribution in [3.8, 4) is 0 Å². The lowest BCUT2D eigenvalue weighted by molar-refractivity contribution is 0.191. The molecule has 4 heteroatoms. The van der Waals surface area contributed by atoms with E-state index in [1.165, 1.54) is 58.5 Å². The van der Waals surface area contributed by atoms with Crippen molar-refractivity contribution in [3.63, 3.8) is 0 Å². The maximum atomic E-state index is 3.73. The Balaban J connectivity index is 1.77. The van der Waals surface area contributed by atoms with Gasteiger partial charge in [-0.15, -0.1) is 0 Å². The van der Waals surface area contributed by atoms with Crippen LogP contribution in [-0.4, -0.2) is 86.7 Å². The Kier molecular flexibility index (Phi) is 6.07. The minimum atomic E-state index is 0.709. The first-order chi connectivity index (χ1) is 9.15. The summed E-state index contributed by atoms with van der Waals surface area (Å²) in [6, 6.07) is 1.42. The number of nitrogens with zero attached hydrogens (tertiary/aromatic N) is 3. The SMILES string of the molecule is CC(CC1CCN(C)CCN1)N1CCCN(C)CC1. The van der Waals surface area contributed by atoms with Crippen LogP contribution in [0.25, 0.3) is 0 Å². The predicted molar refractivity (Wildman–Crippen MR) is 81.7 cm³/mol. The third kappa shape index (κ3) is 5.03. The average Bonchev–Trinajstić information content (AvgIpc) is 2.71. The van der Waals surface area contributed by atoms with Crippen LogP contribution >= 0.6 is 0 Å². The number of likely N-dealkylation sites (N-methyl/N-ethyl adjacent to an activating group) is 2. The first-order valence-electron chi connectivity index (χ1n) is 7.99. The van der Waals surface area contributed by atoms with Crippen LogP contribution < -0.4 is 5.32 Å². The molecule has 2 aliphatic heterocycles. The van der Waals surface area contributed by atoms with Gasteiger partial charge >= 0.3 is 0 Å². The summed E-state index contributed by atoms with van der Waals surface area (Å²) in [7, 11) is 4.48.